The zero-order chi connectivity index (χ0) is 8.97. The molecule has 1 aromatic carbocycles. The zero-order valence-corrected chi connectivity index (χ0v) is 7.75. The van der Waals surface area contributed by atoms with Gasteiger partial charge in [0.2, 0.25) is 0 Å². The van der Waals surface area contributed by atoms with Crippen molar-refractivity contribution in [3.8, 4) is 6.07 Å². The summed E-state index contributed by atoms with van der Waals surface area (Å²) in [6.07, 6.45) is 0. The number of hydrogen-bond acceptors (Lipinski definition) is 1. The summed E-state index contributed by atoms with van der Waals surface area (Å²) in [5.41, 5.74) is 0.738. The molecule has 0 radical (unpaired) electrons. The summed E-state index contributed by atoms with van der Waals surface area (Å²) < 4.78 is 0.893. The van der Waals surface area contributed by atoms with Crippen LogP contribution in [0.4, 0.5) is 0 Å². The molecule has 0 aliphatic rings. The molecule has 58 valence electrons. The Labute approximate surface area is 79.4 Å². The maximum absolute atomic E-state index is 8.59. The van der Waals surface area contributed by atoms with Crippen LogP contribution in [0.5, 0.6) is 0 Å². The lowest BCUT2D eigenvalue weighted by Gasteiger charge is -1.96. The molecule has 0 aromatic heterocycles. The molecule has 1 unspecified atom stereocenters. The van der Waals surface area contributed by atoms with Crippen molar-refractivity contribution >= 4 is 15.9 Å². The van der Waals surface area contributed by atoms with Crippen molar-refractivity contribution in [3.05, 3.63) is 45.7 Å². The maximum atomic E-state index is 8.59. The molecule has 0 aliphatic heterocycles. The van der Waals surface area contributed by atoms with Gasteiger partial charge >= 0.3 is 6.04 Å². The van der Waals surface area contributed by atoms with Crippen LogP contribution in [0.3, 0.4) is 0 Å². The van der Waals surface area contributed by atoms with Crippen molar-refractivity contribution in [2.24, 2.45) is 0 Å². The molecule has 0 saturated heterocycles. The predicted molar refractivity (Wildman–Crippen MR) is 49.1 cm³/mol. The van der Waals surface area contributed by atoms with E-state index in [2.05, 4.69) is 20.8 Å². The topological polar surface area (TPSA) is 28.1 Å². The van der Waals surface area contributed by atoms with E-state index < -0.39 is 6.04 Å². The van der Waals surface area contributed by atoms with Gasteiger partial charge in [0.05, 0.1) is 5.56 Å². The van der Waals surface area contributed by atoms with Gasteiger partial charge in [-0.1, -0.05) is 28.1 Å². The number of benzene rings is 1. The minimum atomic E-state index is -0.678. The molecule has 1 atom stereocenters. The van der Waals surface area contributed by atoms with E-state index in [9.17, 15) is 0 Å². The molecule has 1 aromatic rings. The Morgan fingerprint density at radius 3 is 2.83 bits per heavy atom. The van der Waals surface area contributed by atoms with Crippen molar-refractivity contribution < 1.29 is 0 Å². The SMILES string of the molecule is [C-]#[N+]C(C#N)c1cccc(Br)c1. The van der Waals surface area contributed by atoms with Gasteiger partial charge in [0.25, 0.3) is 0 Å². The third-order valence-electron chi connectivity index (χ3n) is 1.42. The standard InChI is InChI=1S/C9H5BrN2/c1-12-9(6-11)7-3-2-4-8(10)5-7/h2-5,9H. The van der Waals surface area contributed by atoms with E-state index in [-0.39, 0.29) is 0 Å². The third-order valence-corrected chi connectivity index (χ3v) is 1.91. The summed E-state index contributed by atoms with van der Waals surface area (Å²) >= 11 is 3.28. The first-order valence-electron chi connectivity index (χ1n) is 3.29. The molecule has 0 saturated carbocycles. The van der Waals surface area contributed by atoms with Crippen LogP contribution in [-0.2, 0) is 0 Å². The first-order chi connectivity index (χ1) is 5.77. The fourth-order valence-electron chi connectivity index (χ4n) is 0.855. The fourth-order valence-corrected chi connectivity index (χ4v) is 1.27. The summed E-state index contributed by atoms with van der Waals surface area (Å²) in [5, 5.41) is 8.59. The van der Waals surface area contributed by atoms with Gasteiger partial charge < -0.3 is 0 Å². The van der Waals surface area contributed by atoms with E-state index in [1.165, 1.54) is 0 Å². The number of nitriles is 1. The fraction of sp³-hybridized carbons (Fsp3) is 0.111. The minimum absolute atomic E-state index is 0.678. The Kier molecular flexibility index (Phi) is 2.85. The van der Waals surface area contributed by atoms with E-state index in [4.69, 9.17) is 11.8 Å². The van der Waals surface area contributed by atoms with Crippen molar-refractivity contribution in [2.75, 3.05) is 0 Å². The smallest absolute Gasteiger partial charge is 0.292 e. The predicted octanol–water partition coefficient (Wildman–Crippen LogP) is 2.93. The van der Waals surface area contributed by atoms with Crippen LogP contribution in [0.1, 0.15) is 11.6 Å². The third kappa shape index (κ3) is 1.84. The highest BCUT2D eigenvalue weighted by Gasteiger charge is 2.13. The van der Waals surface area contributed by atoms with Crippen LogP contribution in [0.2, 0.25) is 0 Å². The molecular formula is C9H5BrN2. The number of halogens is 1. The molecule has 12 heavy (non-hydrogen) atoms. The molecule has 0 heterocycles. The van der Waals surface area contributed by atoms with Crippen molar-refractivity contribution in [1.29, 1.82) is 5.26 Å². The minimum Gasteiger partial charge on any atom is -0.292 e. The molecule has 0 fully saturated rings. The van der Waals surface area contributed by atoms with Crippen molar-refractivity contribution in [3.63, 3.8) is 0 Å². The summed E-state index contributed by atoms with van der Waals surface area (Å²) in [6, 6.07) is 8.48. The highest BCUT2D eigenvalue weighted by molar-refractivity contribution is 9.10. The molecule has 0 bridgehead atoms. The second kappa shape index (κ2) is 3.90. The van der Waals surface area contributed by atoms with Crippen molar-refractivity contribution in [1.82, 2.24) is 0 Å². The molecule has 2 nitrogen and oxygen atoms in total. The summed E-state index contributed by atoms with van der Waals surface area (Å²) in [6.45, 7) is 6.76. The van der Waals surface area contributed by atoms with Gasteiger partial charge in [0, 0.05) is 4.47 Å². The Bertz CT molecular complexity index is 346. The maximum Gasteiger partial charge on any atom is 0.332 e. The lowest BCUT2D eigenvalue weighted by atomic mass is 10.1. The molecule has 0 N–H and O–H groups in total. The number of hydrogen-bond donors (Lipinski definition) is 0. The average Bonchev–Trinajstić information content (AvgIpc) is 2.07. The molecule has 3 heteroatoms. The summed E-state index contributed by atoms with van der Waals surface area (Å²) in [4.78, 5) is 3.19. The Balaban J connectivity index is 3.06. The van der Waals surface area contributed by atoms with E-state index in [0.29, 0.717) is 0 Å². The van der Waals surface area contributed by atoms with E-state index in [1.807, 2.05) is 18.2 Å². The highest BCUT2D eigenvalue weighted by Crippen LogP contribution is 2.20. The van der Waals surface area contributed by atoms with Gasteiger partial charge in [-0.3, -0.25) is 4.85 Å². The molecule has 0 spiro atoms. The van der Waals surface area contributed by atoms with Gasteiger partial charge in [-0.05, 0) is 12.1 Å². The first-order valence-corrected chi connectivity index (χ1v) is 4.09. The Morgan fingerprint density at radius 1 is 1.58 bits per heavy atom. The molecule has 0 aliphatic carbocycles. The Morgan fingerprint density at radius 2 is 2.33 bits per heavy atom. The van der Waals surface area contributed by atoms with Gasteiger partial charge in [-0.15, -0.1) is 0 Å². The molecule has 0 amide bonds. The van der Waals surface area contributed by atoms with Crippen LogP contribution >= 0.6 is 15.9 Å². The lowest BCUT2D eigenvalue weighted by molar-refractivity contribution is 1.08. The number of rotatable bonds is 1. The van der Waals surface area contributed by atoms with Crippen LogP contribution < -0.4 is 0 Å². The van der Waals surface area contributed by atoms with Gasteiger partial charge in [0.15, 0.2) is 6.07 Å². The van der Waals surface area contributed by atoms with Gasteiger partial charge in [0.1, 0.15) is 0 Å². The van der Waals surface area contributed by atoms with Crippen LogP contribution in [0.15, 0.2) is 28.7 Å². The first kappa shape index (κ1) is 8.77. The number of nitrogens with zero attached hydrogens (tertiary/aromatic N) is 2. The molecular weight excluding hydrogens is 216 g/mol. The van der Waals surface area contributed by atoms with E-state index >= 15 is 0 Å². The van der Waals surface area contributed by atoms with E-state index in [1.54, 1.807) is 12.1 Å². The monoisotopic (exact) mass is 220 g/mol. The van der Waals surface area contributed by atoms with Crippen LogP contribution in [0.25, 0.3) is 4.85 Å². The van der Waals surface area contributed by atoms with Crippen molar-refractivity contribution in [2.45, 2.75) is 6.04 Å². The summed E-state index contributed by atoms with van der Waals surface area (Å²) in [5.74, 6) is 0. The van der Waals surface area contributed by atoms with Gasteiger partial charge in [-0.25, -0.2) is 6.57 Å². The van der Waals surface area contributed by atoms with E-state index in [0.717, 1.165) is 10.0 Å². The van der Waals surface area contributed by atoms with Gasteiger partial charge in [-0.2, -0.15) is 5.26 Å². The second-order valence-electron chi connectivity index (χ2n) is 2.22. The largest absolute Gasteiger partial charge is 0.332 e. The normalized spacial score (nSPS) is 11.2. The second-order valence-corrected chi connectivity index (χ2v) is 3.13. The van der Waals surface area contributed by atoms with Crippen LogP contribution in [0, 0.1) is 17.9 Å². The quantitative estimate of drug-likeness (QED) is 0.670. The zero-order valence-electron chi connectivity index (χ0n) is 6.16. The lowest BCUT2D eigenvalue weighted by Crippen LogP contribution is -1.87. The Hall–Kier alpha value is -1.32. The highest BCUT2D eigenvalue weighted by atomic mass is 79.9. The summed E-state index contributed by atoms with van der Waals surface area (Å²) in [7, 11) is 0. The molecule has 1 rings (SSSR count). The average molecular weight is 221 g/mol. The van der Waals surface area contributed by atoms with Crippen LogP contribution in [-0.4, -0.2) is 0 Å².